The van der Waals surface area contributed by atoms with Crippen molar-refractivity contribution in [1.82, 2.24) is 19.7 Å². The predicted molar refractivity (Wildman–Crippen MR) is 125 cm³/mol. The quantitative estimate of drug-likeness (QED) is 0.363. The van der Waals surface area contributed by atoms with E-state index in [0.717, 1.165) is 11.3 Å². The summed E-state index contributed by atoms with van der Waals surface area (Å²) in [5.41, 5.74) is 2.24. The van der Waals surface area contributed by atoms with Crippen LogP contribution in [-0.4, -0.2) is 30.9 Å². The molecule has 1 unspecified atom stereocenters. The smallest absolute Gasteiger partial charge is 0.237 e. The fraction of sp³-hybridized carbons (Fsp3) is 0.0909. The molecule has 1 N–H and O–H groups in total. The van der Waals surface area contributed by atoms with Crippen molar-refractivity contribution >= 4 is 46.6 Å². The number of carbonyl (C=O) groups excluding carboxylic acids is 1. The van der Waals surface area contributed by atoms with Crippen LogP contribution in [0.5, 0.6) is 0 Å². The number of amides is 1. The van der Waals surface area contributed by atoms with Gasteiger partial charge < -0.3 is 5.32 Å². The number of nitrogens with zero attached hydrogens (tertiary/aromatic N) is 4. The Hall–Kier alpha value is -2.87. The van der Waals surface area contributed by atoms with Gasteiger partial charge in [0.2, 0.25) is 5.91 Å². The summed E-state index contributed by atoms with van der Waals surface area (Å²) in [5, 5.41) is 12.6. The molecular weight excluding hydrogens is 453 g/mol. The van der Waals surface area contributed by atoms with Gasteiger partial charge in [-0.05, 0) is 49.4 Å². The molecule has 0 radical (unpaired) electrons. The number of thioether (sulfide) groups is 1. The lowest BCUT2D eigenvalue weighted by atomic mass is 10.2. The molecule has 4 aromatic rings. The van der Waals surface area contributed by atoms with Gasteiger partial charge in [-0.15, -0.1) is 10.2 Å². The third-order valence-corrected chi connectivity index (χ3v) is 6.03. The second kappa shape index (κ2) is 9.51. The lowest BCUT2D eigenvalue weighted by Crippen LogP contribution is -2.23. The largest absolute Gasteiger partial charge is 0.324 e. The van der Waals surface area contributed by atoms with E-state index in [4.69, 9.17) is 23.2 Å². The van der Waals surface area contributed by atoms with Crippen LogP contribution in [0.4, 0.5) is 5.69 Å². The number of para-hydroxylation sites is 1. The lowest BCUT2D eigenvalue weighted by molar-refractivity contribution is -0.115. The van der Waals surface area contributed by atoms with Gasteiger partial charge in [0.05, 0.1) is 16.0 Å². The molecule has 4 rings (SSSR count). The zero-order valence-electron chi connectivity index (χ0n) is 16.4. The molecule has 0 aliphatic rings. The maximum Gasteiger partial charge on any atom is 0.237 e. The SMILES string of the molecule is CC(Sc1nnc(-c2ccncc2)n1-c1ccccc1)C(=O)Nc1cc(Cl)ccc1Cl. The first-order valence-electron chi connectivity index (χ1n) is 9.37. The van der Waals surface area contributed by atoms with Gasteiger partial charge in [-0.25, -0.2) is 0 Å². The van der Waals surface area contributed by atoms with Crippen molar-refractivity contribution in [3.8, 4) is 17.1 Å². The molecule has 0 spiro atoms. The molecular formula is C22H17Cl2N5OS. The normalized spacial score (nSPS) is 11.8. The predicted octanol–water partition coefficient (Wildman–Crippen LogP) is 5.76. The second-order valence-electron chi connectivity index (χ2n) is 6.59. The van der Waals surface area contributed by atoms with Crippen LogP contribution >= 0.6 is 35.0 Å². The molecule has 0 fully saturated rings. The number of aromatic nitrogens is 4. The number of carbonyl (C=O) groups is 1. The van der Waals surface area contributed by atoms with Crippen LogP contribution in [0.3, 0.4) is 0 Å². The molecule has 0 saturated heterocycles. The average Bonchev–Trinajstić information content (AvgIpc) is 3.21. The van der Waals surface area contributed by atoms with Crippen LogP contribution in [0.15, 0.2) is 78.2 Å². The highest BCUT2D eigenvalue weighted by atomic mass is 35.5. The molecule has 2 heterocycles. The maximum absolute atomic E-state index is 12.8. The van der Waals surface area contributed by atoms with Crippen LogP contribution in [-0.2, 0) is 4.79 Å². The molecule has 156 valence electrons. The summed E-state index contributed by atoms with van der Waals surface area (Å²) < 4.78 is 1.93. The van der Waals surface area contributed by atoms with Crippen LogP contribution in [0.1, 0.15) is 6.92 Å². The first-order chi connectivity index (χ1) is 15.0. The average molecular weight is 470 g/mol. The van der Waals surface area contributed by atoms with Gasteiger partial charge in [0.1, 0.15) is 0 Å². The number of anilines is 1. The fourth-order valence-electron chi connectivity index (χ4n) is 2.88. The lowest BCUT2D eigenvalue weighted by Gasteiger charge is -2.14. The highest BCUT2D eigenvalue weighted by molar-refractivity contribution is 8.00. The topological polar surface area (TPSA) is 72.7 Å². The first-order valence-corrected chi connectivity index (χ1v) is 11.0. The van der Waals surface area contributed by atoms with E-state index in [1.165, 1.54) is 11.8 Å². The Morgan fingerprint density at radius 1 is 1.03 bits per heavy atom. The minimum absolute atomic E-state index is 0.220. The summed E-state index contributed by atoms with van der Waals surface area (Å²) in [6, 6.07) is 18.4. The van der Waals surface area contributed by atoms with Crippen molar-refractivity contribution in [1.29, 1.82) is 0 Å². The van der Waals surface area contributed by atoms with E-state index < -0.39 is 5.25 Å². The summed E-state index contributed by atoms with van der Waals surface area (Å²) >= 11 is 13.5. The second-order valence-corrected chi connectivity index (χ2v) is 8.74. The van der Waals surface area contributed by atoms with Gasteiger partial charge in [-0.2, -0.15) is 0 Å². The monoisotopic (exact) mass is 469 g/mol. The fourth-order valence-corrected chi connectivity index (χ4v) is 4.09. The number of rotatable bonds is 6. The highest BCUT2D eigenvalue weighted by Gasteiger charge is 2.22. The van der Waals surface area contributed by atoms with Crippen LogP contribution < -0.4 is 5.32 Å². The standard InChI is InChI=1S/C22H17Cl2N5OS/c1-14(21(30)26-19-13-16(23)7-8-18(19)24)31-22-28-27-20(15-9-11-25-12-10-15)29(22)17-5-3-2-4-6-17/h2-14H,1H3,(H,26,30). The number of hydrogen-bond donors (Lipinski definition) is 1. The summed E-state index contributed by atoms with van der Waals surface area (Å²) in [6.45, 7) is 1.80. The van der Waals surface area contributed by atoms with E-state index >= 15 is 0 Å². The Morgan fingerprint density at radius 2 is 1.77 bits per heavy atom. The molecule has 2 aromatic carbocycles. The molecule has 2 aromatic heterocycles. The third-order valence-electron chi connectivity index (χ3n) is 4.42. The molecule has 31 heavy (non-hydrogen) atoms. The third kappa shape index (κ3) is 4.90. The summed E-state index contributed by atoms with van der Waals surface area (Å²) in [6.07, 6.45) is 3.41. The van der Waals surface area contributed by atoms with E-state index in [1.807, 2.05) is 47.0 Å². The molecule has 1 amide bonds. The zero-order valence-corrected chi connectivity index (χ0v) is 18.7. The molecule has 9 heteroatoms. The number of hydrogen-bond acceptors (Lipinski definition) is 5. The summed E-state index contributed by atoms with van der Waals surface area (Å²) in [7, 11) is 0. The van der Waals surface area contributed by atoms with Gasteiger partial charge in [0.15, 0.2) is 11.0 Å². The Bertz CT molecular complexity index is 1200. The van der Waals surface area contributed by atoms with Crippen molar-refractivity contribution in [2.45, 2.75) is 17.3 Å². The van der Waals surface area contributed by atoms with E-state index in [9.17, 15) is 4.79 Å². The number of nitrogens with one attached hydrogen (secondary N) is 1. The number of halogens is 2. The molecule has 1 atom stereocenters. The molecule has 0 aliphatic heterocycles. The highest BCUT2D eigenvalue weighted by Crippen LogP contribution is 2.31. The zero-order chi connectivity index (χ0) is 21.8. The van der Waals surface area contributed by atoms with Crippen LogP contribution in [0.25, 0.3) is 17.1 Å². The molecule has 0 bridgehead atoms. The van der Waals surface area contributed by atoms with Gasteiger partial charge in [0.25, 0.3) is 0 Å². The Kier molecular flexibility index (Phi) is 6.56. The molecule has 0 saturated carbocycles. The Labute approximate surface area is 193 Å². The maximum atomic E-state index is 12.8. The van der Waals surface area contributed by atoms with Crippen molar-refractivity contribution in [3.05, 3.63) is 83.1 Å². The van der Waals surface area contributed by atoms with Crippen LogP contribution in [0.2, 0.25) is 10.0 Å². The Balaban J connectivity index is 1.63. The first kappa shape index (κ1) is 21.4. The van der Waals surface area contributed by atoms with E-state index in [1.54, 1.807) is 37.5 Å². The van der Waals surface area contributed by atoms with Crippen molar-refractivity contribution < 1.29 is 4.79 Å². The van der Waals surface area contributed by atoms with Gasteiger partial charge in [0, 0.05) is 28.7 Å². The number of benzene rings is 2. The van der Waals surface area contributed by atoms with Gasteiger partial charge >= 0.3 is 0 Å². The van der Waals surface area contributed by atoms with E-state index in [2.05, 4.69) is 20.5 Å². The molecule has 0 aliphatic carbocycles. The van der Waals surface area contributed by atoms with Gasteiger partial charge in [-0.1, -0.05) is 53.2 Å². The van der Waals surface area contributed by atoms with Crippen molar-refractivity contribution in [3.63, 3.8) is 0 Å². The van der Waals surface area contributed by atoms with E-state index in [0.29, 0.717) is 26.7 Å². The van der Waals surface area contributed by atoms with Crippen molar-refractivity contribution in [2.24, 2.45) is 0 Å². The minimum Gasteiger partial charge on any atom is -0.324 e. The molecule has 6 nitrogen and oxygen atoms in total. The Morgan fingerprint density at radius 3 is 2.52 bits per heavy atom. The van der Waals surface area contributed by atoms with Gasteiger partial charge in [-0.3, -0.25) is 14.3 Å². The van der Waals surface area contributed by atoms with E-state index in [-0.39, 0.29) is 5.91 Å². The summed E-state index contributed by atoms with van der Waals surface area (Å²) in [4.78, 5) is 16.9. The van der Waals surface area contributed by atoms with Crippen LogP contribution in [0, 0.1) is 0 Å². The summed E-state index contributed by atoms with van der Waals surface area (Å²) in [5.74, 6) is 0.448. The van der Waals surface area contributed by atoms with Crippen molar-refractivity contribution in [2.75, 3.05) is 5.32 Å². The minimum atomic E-state index is -0.466. The number of pyridine rings is 1.